The zero-order valence-electron chi connectivity index (χ0n) is 9.65. The highest BCUT2D eigenvalue weighted by atomic mass is 19.4. The van der Waals surface area contributed by atoms with Crippen molar-refractivity contribution in [1.29, 1.82) is 5.26 Å². The zero-order valence-corrected chi connectivity index (χ0v) is 9.65. The molecule has 0 fully saturated rings. The summed E-state index contributed by atoms with van der Waals surface area (Å²) in [6.45, 7) is -1.16. The van der Waals surface area contributed by atoms with Gasteiger partial charge in [-0.1, -0.05) is 6.07 Å². The molecule has 7 heteroatoms. The first-order valence-corrected chi connectivity index (χ1v) is 5.28. The number of nitriles is 1. The molecular formula is C12H9F3N4. The molecule has 4 nitrogen and oxygen atoms in total. The highest BCUT2D eigenvalue weighted by molar-refractivity contribution is 5.71. The number of benzene rings is 1. The molecule has 1 aromatic heterocycles. The number of aromatic nitrogens is 2. The summed E-state index contributed by atoms with van der Waals surface area (Å²) < 4.78 is 37.4. The molecule has 1 heterocycles. The van der Waals surface area contributed by atoms with E-state index >= 15 is 0 Å². The summed E-state index contributed by atoms with van der Waals surface area (Å²) in [5.41, 5.74) is 7.22. The summed E-state index contributed by atoms with van der Waals surface area (Å²) in [5.74, 6) is 0. The van der Waals surface area contributed by atoms with E-state index in [1.807, 2.05) is 6.07 Å². The fourth-order valence-corrected chi connectivity index (χ4v) is 1.68. The molecule has 2 rings (SSSR count). The van der Waals surface area contributed by atoms with Crippen molar-refractivity contribution in [2.45, 2.75) is 12.7 Å². The number of anilines is 1. The van der Waals surface area contributed by atoms with E-state index in [9.17, 15) is 13.2 Å². The molecule has 0 amide bonds. The van der Waals surface area contributed by atoms with E-state index in [4.69, 9.17) is 11.0 Å². The summed E-state index contributed by atoms with van der Waals surface area (Å²) in [6.07, 6.45) is -1.79. The Morgan fingerprint density at radius 3 is 2.74 bits per heavy atom. The van der Waals surface area contributed by atoms with Crippen molar-refractivity contribution in [3.63, 3.8) is 0 Å². The van der Waals surface area contributed by atoms with Gasteiger partial charge in [-0.15, -0.1) is 0 Å². The van der Waals surface area contributed by atoms with Crippen LogP contribution in [-0.2, 0) is 6.54 Å². The smallest absolute Gasteiger partial charge is 0.399 e. The Balaban J connectivity index is 2.36. The van der Waals surface area contributed by atoms with Crippen molar-refractivity contribution in [3.8, 4) is 17.2 Å². The van der Waals surface area contributed by atoms with Crippen LogP contribution < -0.4 is 5.73 Å². The molecule has 2 N–H and O–H groups in total. The molecule has 0 bridgehead atoms. The number of nitrogen functional groups attached to an aromatic ring is 1. The molecule has 2 aromatic rings. The summed E-state index contributed by atoms with van der Waals surface area (Å²) >= 11 is 0. The molecule has 0 aliphatic carbocycles. The minimum absolute atomic E-state index is 0.298. The SMILES string of the molecule is N#Cc1cc(N)ccc1-c1cnn(CC(F)(F)F)c1. The molecule has 0 atom stereocenters. The Morgan fingerprint density at radius 2 is 2.11 bits per heavy atom. The fourth-order valence-electron chi connectivity index (χ4n) is 1.68. The van der Waals surface area contributed by atoms with Gasteiger partial charge in [-0.3, -0.25) is 4.68 Å². The number of nitrogens with two attached hydrogens (primary N) is 1. The summed E-state index contributed by atoms with van der Waals surface area (Å²) in [6, 6.07) is 6.59. The van der Waals surface area contributed by atoms with Crippen LogP contribution in [-0.4, -0.2) is 16.0 Å². The lowest BCUT2D eigenvalue weighted by Crippen LogP contribution is -2.17. The first-order chi connectivity index (χ1) is 8.89. The minimum Gasteiger partial charge on any atom is -0.399 e. The number of rotatable bonds is 2. The lowest BCUT2D eigenvalue weighted by atomic mass is 10.0. The third-order valence-electron chi connectivity index (χ3n) is 2.45. The molecule has 0 unspecified atom stereocenters. The largest absolute Gasteiger partial charge is 0.408 e. The van der Waals surface area contributed by atoms with Gasteiger partial charge in [0.25, 0.3) is 0 Å². The van der Waals surface area contributed by atoms with Crippen molar-refractivity contribution in [2.24, 2.45) is 0 Å². The van der Waals surface area contributed by atoms with E-state index in [1.165, 1.54) is 18.5 Å². The molecular weight excluding hydrogens is 257 g/mol. The number of nitrogens with zero attached hydrogens (tertiary/aromatic N) is 3. The zero-order chi connectivity index (χ0) is 14.0. The van der Waals surface area contributed by atoms with Crippen molar-refractivity contribution in [1.82, 2.24) is 9.78 Å². The highest BCUT2D eigenvalue weighted by Crippen LogP contribution is 2.25. The van der Waals surface area contributed by atoms with E-state index in [2.05, 4.69) is 5.10 Å². The van der Waals surface area contributed by atoms with Crippen LogP contribution in [0, 0.1) is 11.3 Å². The van der Waals surface area contributed by atoms with Gasteiger partial charge in [0.1, 0.15) is 6.54 Å². The van der Waals surface area contributed by atoms with E-state index in [0.717, 1.165) is 4.68 Å². The lowest BCUT2D eigenvalue weighted by Gasteiger charge is -2.05. The molecule has 0 spiro atoms. The van der Waals surface area contributed by atoms with Gasteiger partial charge in [0.05, 0.1) is 17.8 Å². The van der Waals surface area contributed by atoms with Gasteiger partial charge in [0.2, 0.25) is 0 Å². The molecule has 0 radical (unpaired) electrons. The van der Waals surface area contributed by atoms with Gasteiger partial charge in [0, 0.05) is 23.0 Å². The van der Waals surface area contributed by atoms with Gasteiger partial charge < -0.3 is 5.73 Å². The van der Waals surface area contributed by atoms with Gasteiger partial charge in [-0.05, 0) is 12.1 Å². The second kappa shape index (κ2) is 4.65. The Bertz CT molecular complexity index is 637. The van der Waals surface area contributed by atoms with E-state index in [-0.39, 0.29) is 0 Å². The number of hydrogen-bond donors (Lipinski definition) is 1. The predicted molar refractivity (Wildman–Crippen MR) is 62.8 cm³/mol. The van der Waals surface area contributed by atoms with Gasteiger partial charge in [-0.25, -0.2) is 0 Å². The minimum atomic E-state index is -4.33. The monoisotopic (exact) mass is 266 g/mol. The van der Waals surface area contributed by atoms with Crippen LogP contribution in [0.15, 0.2) is 30.6 Å². The first-order valence-electron chi connectivity index (χ1n) is 5.28. The van der Waals surface area contributed by atoms with Crippen molar-refractivity contribution in [2.75, 3.05) is 5.73 Å². The van der Waals surface area contributed by atoms with Crippen molar-refractivity contribution in [3.05, 3.63) is 36.2 Å². The average Bonchev–Trinajstić information content (AvgIpc) is 2.74. The maximum absolute atomic E-state index is 12.2. The summed E-state index contributed by atoms with van der Waals surface area (Å²) in [7, 11) is 0. The van der Waals surface area contributed by atoms with Gasteiger partial charge in [-0.2, -0.15) is 23.5 Å². The molecule has 1 aromatic carbocycles. The van der Waals surface area contributed by atoms with Crippen LogP contribution in [0.2, 0.25) is 0 Å². The van der Waals surface area contributed by atoms with Crippen LogP contribution in [0.3, 0.4) is 0 Å². The quantitative estimate of drug-likeness (QED) is 0.849. The molecule has 0 aliphatic heterocycles. The summed E-state index contributed by atoms with van der Waals surface area (Å²) in [5, 5.41) is 12.6. The van der Waals surface area contributed by atoms with Crippen molar-refractivity contribution >= 4 is 5.69 Å². The van der Waals surface area contributed by atoms with E-state index in [0.29, 0.717) is 22.4 Å². The Hall–Kier alpha value is -2.49. The van der Waals surface area contributed by atoms with Gasteiger partial charge in [0.15, 0.2) is 0 Å². The number of hydrogen-bond acceptors (Lipinski definition) is 3. The third kappa shape index (κ3) is 3.04. The van der Waals surface area contributed by atoms with Crippen LogP contribution in [0.25, 0.3) is 11.1 Å². The second-order valence-electron chi connectivity index (χ2n) is 3.96. The molecule has 0 aliphatic rings. The average molecular weight is 266 g/mol. The molecule has 0 saturated heterocycles. The Morgan fingerprint density at radius 1 is 1.37 bits per heavy atom. The lowest BCUT2D eigenvalue weighted by molar-refractivity contribution is -0.142. The third-order valence-corrected chi connectivity index (χ3v) is 2.45. The number of alkyl halides is 3. The fraction of sp³-hybridized carbons (Fsp3) is 0.167. The first kappa shape index (κ1) is 13.0. The van der Waals surface area contributed by atoms with Crippen LogP contribution in [0.1, 0.15) is 5.56 Å². The topological polar surface area (TPSA) is 67.6 Å². The van der Waals surface area contributed by atoms with E-state index in [1.54, 1.807) is 12.1 Å². The maximum Gasteiger partial charge on any atom is 0.408 e. The Labute approximate surface area is 106 Å². The van der Waals surface area contributed by atoms with Gasteiger partial charge >= 0.3 is 6.18 Å². The molecule has 0 saturated carbocycles. The summed E-state index contributed by atoms with van der Waals surface area (Å²) in [4.78, 5) is 0. The maximum atomic E-state index is 12.2. The second-order valence-corrected chi connectivity index (χ2v) is 3.96. The van der Waals surface area contributed by atoms with Crippen LogP contribution >= 0.6 is 0 Å². The molecule has 98 valence electrons. The van der Waals surface area contributed by atoms with Crippen LogP contribution in [0.4, 0.5) is 18.9 Å². The van der Waals surface area contributed by atoms with Crippen molar-refractivity contribution < 1.29 is 13.2 Å². The highest BCUT2D eigenvalue weighted by Gasteiger charge is 2.28. The number of halogens is 3. The predicted octanol–water partition coefficient (Wildman–Crippen LogP) is 2.57. The standard InChI is InChI=1S/C12H9F3N4/c13-12(14,15)7-19-6-9(5-18-19)11-2-1-10(17)3-8(11)4-16/h1-3,5-6H,7,17H2. The molecule has 19 heavy (non-hydrogen) atoms. The van der Waals surface area contributed by atoms with Crippen LogP contribution in [0.5, 0.6) is 0 Å². The Kier molecular flexibility index (Phi) is 3.17. The van der Waals surface area contributed by atoms with E-state index < -0.39 is 12.7 Å². The normalized spacial score (nSPS) is 11.3.